The summed E-state index contributed by atoms with van der Waals surface area (Å²) in [6, 6.07) is 0. The molecule has 0 unspecified atom stereocenters. The van der Waals surface area contributed by atoms with Crippen molar-refractivity contribution in [2.24, 2.45) is 4.76 Å². The molecule has 0 aromatic carbocycles. The van der Waals surface area contributed by atoms with Crippen LogP contribution in [0.3, 0.4) is 0 Å². The zero-order chi connectivity index (χ0) is 4.99. The van der Waals surface area contributed by atoms with Crippen LogP contribution < -0.4 is 0 Å². The molecule has 0 saturated heterocycles. The average molecular weight is 160 g/mol. The van der Waals surface area contributed by atoms with Crippen molar-refractivity contribution in [3.8, 4) is 0 Å². The third-order valence-electron chi connectivity index (χ3n) is 0.116. The standard InChI is InChI=1S/CCl2NPS/c2-5(3)4-1-6. The van der Waals surface area contributed by atoms with Gasteiger partial charge in [0.1, 0.15) is 0 Å². The normalized spacial score (nSPS) is 7.83. The van der Waals surface area contributed by atoms with Crippen LogP contribution in [0.25, 0.3) is 0 Å². The van der Waals surface area contributed by atoms with Gasteiger partial charge >= 0.3 is 0 Å². The Morgan fingerprint density at radius 1 is 1.67 bits per heavy atom. The third kappa shape index (κ3) is 4.81. The molecule has 0 saturated carbocycles. The molecule has 0 aliphatic heterocycles. The highest BCUT2D eigenvalue weighted by atomic mass is 35.9. The maximum Gasteiger partial charge on any atom is 0.217 e. The monoisotopic (exact) mass is 159 g/mol. The Morgan fingerprint density at radius 3 is 2.17 bits per heavy atom. The summed E-state index contributed by atoms with van der Waals surface area (Å²) in [5.74, 6) is 0. The summed E-state index contributed by atoms with van der Waals surface area (Å²) >= 11 is 14.4. The van der Waals surface area contributed by atoms with E-state index in [0.717, 1.165) is 0 Å². The highest BCUT2D eigenvalue weighted by Crippen LogP contribution is 2.47. The largest absolute Gasteiger partial charge is 0.217 e. The molecule has 0 rings (SSSR count). The number of nitrogens with zero attached hydrogens (tertiary/aromatic N) is 1. The van der Waals surface area contributed by atoms with Gasteiger partial charge in [-0.15, -0.1) is 0 Å². The maximum absolute atomic E-state index is 5.11. The van der Waals surface area contributed by atoms with Crippen molar-refractivity contribution in [1.82, 2.24) is 0 Å². The van der Waals surface area contributed by atoms with E-state index in [1.54, 1.807) is 0 Å². The van der Waals surface area contributed by atoms with Gasteiger partial charge in [-0.05, 0) is 12.2 Å². The minimum absolute atomic E-state index is 1.25. The molecule has 0 aromatic rings. The number of thiocarbonyl (C=S) groups is 1. The number of isothiocyanates is 1. The van der Waals surface area contributed by atoms with Crippen LogP contribution in [0.4, 0.5) is 0 Å². The van der Waals surface area contributed by atoms with Crippen molar-refractivity contribution < 1.29 is 0 Å². The molecule has 0 aromatic heterocycles. The van der Waals surface area contributed by atoms with Gasteiger partial charge in [-0.1, -0.05) is 22.5 Å². The molecule has 0 atom stereocenters. The van der Waals surface area contributed by atoms with E-state index in [0.29, 0.717) is 0 Å². The Labute approximate surface area is 51.7 Å². The molecule has 5 heteroatoms. The maximum atomic E-state index is 5.11. The molecule has 0 radical (unpaired) electrons. The van der Waals surface area contributed by atoms with Crippen LogP contribution in [0.1, 0.15) is 0 Å². The summed E-state index contributed by atoms with van der Waals surface area (Å²) in [5.41, 5.74) is 0. The first kappa shape index (κ1) is 6.81. The summed E-state index contributed by atoms with van der Waals surface area (Å²) in [5, 5.41) is 2.04. The zero-order valence-electron chi connectivity index (χ0n) is 2.56. The van der Waals surface area contributed by atoms with Gasteiger partial charge < -0.3 is 0 Å². The minimum Gasteiger partial charge on any atom is -0.174 e. The van der Waals surface area contributed by atoms with E-state index in [9.17, 15) is 0 Å². The van der Waals surface area contributed by atoms with E-state index >= 15 is 0 Å². The smallest absolute Gasteiger partial charge is 0.174 e. The molecule has 0 aliphatic carbocycles. The first-order valence-electron chi connectivity index (χ1n) is 0.966. The average Bonchev–Trinajstić information content (AvgIpc) is 1.35. The van der Waals surface area contributed by atoms with Crippen molar-refractivity contribution in [3.63, 3.8) is 0 Å². The zero-order valence-corrected chi connectivity index (χ0v) is 5.78. The Kier molecular flexibility index (Phi) is 4.52. The molecule has 0 bridgehead atoms. The highest BCUT2D eigenvalue weighted by Gasteiger charge is 1.86. The third-order valence-corrected chi connectivity index (χ3v) is 1.05. The Balaban J connectivity index is 3.29. The van der Waals surface area contributed by atoms with E-state index in [4.69, 9.17) is 22.5 Å². The molecule has 0 fully saturated rings. The minimum atomic E-state index is -1.25. The van der Waals surface area contributed by atoms with Gasteiger partial charge in [-0.2, -0.15) is 4.76 Å². The molecule has 0 spiro atoms. The molecule has 0 amide bonds. The lowest BCUT2D eigenvalue weighted by Gasteiger charge is -1.75. The second-order valence-electron chi connectivity index (χ2n) is 0.406. The van der Waals surface area contributed by atoms with Crippen molar-refractivity contribution in [2.75, 3.05) is 0 Å². The van der Waals surface area contributed by atoms with Crippen LogP contribution in [0.5, 0.6) is 0 Å². The summed E-state index contributed by atoms with van der Waals surface area (Å²) in [6.45, 7) is -1.25. The van der Waals surface area contributed by atoms with Gasteiger partial charge in [-0.3, -0.25) is 0 Å². The van der Waals surface area contributed by atoms with Gasteiger partial charge in [0.15, 0.2) is 0 Å². The molecule has 0 N–H and O–H groups in total. The highest BCUT2D eigenvalue weighted by molar-refractivity contribution is 8.03. The summed E-state index contributed by atoms with van der Waals surface area (Å²) < 4.78 is 3.29. The van der Waals surface area contributed by atoms with Crippen LogP contribution in [0.2, 0.25) is 0 Å². The molecule has 6 heavy (non-hydrogen) atoms. The molecule has 1 nitrogen and oxygen atoms in total. The van der Waals surface area contributed by atoms with E-state index < -0.39 is 6.78 Å². The van der Waals surface area contributed by atoms with Gasteiger partial charge in [0.25, 0.3) is 0 Å². The van der Waals surface area contributed by atoms with E-state index in [1.165, 1.54) is 0 Å². The Bertz CT molecular complexity index is 77.6. The number of hydrogen-bond acceptors (Lipinski definition) is 2. The lowest BCUT2D eigenvalue weighted by molar-refractivity contribution is 2.03. The van der Waals surface area contributed by atoms with Crippen molar-refractivity contribution >= 4 is 46.6 Å². The number of halogens is 2. The first-order chi connectivity index (χ1) is 2.77. The molecule has 0 aliphatic rings. The first-order valence-corrected chi connectivity index (χ1v) is 4.48. The SMILES string of the molecule is S=C=NP(Cl)Cl. The van der Waals surface area contributed by atoms with Crippen LogP contribution in [0, 0.1) is 0 Å². The van der Waals surface area contributed by atoms with E-state index in [-0.39, 0.29) is 0 Å². The topological polar surface area (TPSA) is 12.4 Å². The van der Waals surface area contributed by atoms with Gasteiger partial charge in [0.2, 0.25) is 6.78 Å². The van der Waals surface area contributed by atoms with Crippen molar-refractivity contribution in [2.45, 2.75) is 0 Å². The summed E-state index contributed by atoms with van der Waals surface area (Å²) in [6.07, 6.45) is 0. The molecule has 0 heterocycles. The van der Waals surface area contributed by atoms with E-state index in [1.807, 2.05) is 5.16 Å². The number of hydrogen-bond donors (Lipinski definition) is 0. The van der Waals surface area contributed by atoms with Crippen LogP contribution in [0.15, 0.2) is 4.76 Å². The fourth-order valence-corrected chi connectivity index (χ4v) is 0.833. The van der Waals surface area contributed by atoms with Crippen molar-refractivity contribution in [3.05, 3.63) is 0 Å². The predicted molar refractivity (Wildman–Crippen MR) is 33.7 cm³/mol. The summed E-state index contributed by atoms with van der Waals surface area (Å²) in [7, 11) is 0. The van der Waals surface area contributed by atoms with E-state index in [2.05, 4.69) is 17.0 Å². The second kappa shape index (κ2) is 3.98. The fourth-order valence-electron chi connectivity index (χ4n) is 0.0309. The lowest BCUT2D eigenvalue weighted by atomic mass is 11.8. The molecule has 34 valence electrons. The quantitative estimate of drug-likeness (QED) is 0.326. The van der Waals surface area contributed by atoms with Crippen LogP contribution in [-0.2, 0) is 0 Å². The summed E-state index contributed by atoms with van der Waals surface area (Å²) in [4.78, 5) is 0. The number of rotatable bonds is 1. The second-order valence-corrected chi connectivity index (χ2v) is 3.66. The molecular weight excluding hydrogens is 160 g/mol. The Morgan fingerprint density at radius 2 is 2.17 bits per heavy atom. The van der Waals surface area contributed by atoms with Gasteiger partial charge in [-0.25, -0.2) is 0 Å². The van der Waals surface area contributed by atoms with Crippen LogP contribution >= 0.6 is 41.5 Å². The fraction of sp³-hybridized carbons (Fsp3) is 0. The van der Waals surface area contributed by atoms with Gasteiger partial charge in [0, 0.05) is 0 Å². The predicted octanol–water partition coefficient (Wildman–Crippen LogP) is 2.79. The van der Waals surface area contributed by atoms with Crippen molar-refractivity contribution in [1.29, 1.82) is 0 Å². The lowest BCUT2D eigenvalue weighted by Crippen LogP contribution is -1.31. The molecular formula is CCl2NPS. The van der Waals surface area contributed by atoms with Gasteiger partial charge in [0.05, 0.1) is 5.16 Å². The van der Waals surface area contributed by atoms with Crippen LogP contribution in [-0.4, -0.2) is 5.16 Å². The Hall–Kier alpha value is 0.810.